The number of nitrogens with one attached hydrogen (secondary N) is 1. The number of anilines is 2. The summed E-state index contributed by atoms with van der Waals surface area (Å²) in [5, 5.41) is 4.83. The van der Waals surface area contributed by atoms with E-state index in [1.54, 1.807) is 11.8 Å². The first-order valence-corrected chi connectivity index (χ1v) is 8.20. The van der Waals surface area contributed by atoms with E-state index in [9.17, 15) is 0 Å². The molecule has 0 amide bonds. The summed E-state index contributed by atoms with van der Waals surface area (Å²) in [6.07, 6.45) is 4.30. The fourth-order valence-corrected chi connectivity index (χ4v) is 3.13. The molecule has 106 valence electrons. The fraction of sp³-hybridized carbons (Fsp3) is 0.167. The maximum absolute atomic E-state index is 3.59. The van der Waals surface area contributed by atoms with Crippen LogP contribution in [0.4, 0.5) is 11.4 Å². The third kappa shape index (κ3) is 2.74. The highest BCUT2D eigenvalue weighted by molar-refractivity contribution is 7.98. The van der Waals surface area contributed by atoms with Crippen molar-refractivity contribution in [2.45, 2.75) is 11.8 Å². The zero-order valence-corrected chi connectivity index (χ0v) is 13.4. The van der Waals surface area contributed by atoms with Crippen molar-refractivity contribution < 1.29 is 4.57 Å². The number of aromatic nitrogens is 1. The fourth-order valence-electron chi connectivity index (χ4n) is 2.50. The summed E-state index contributed by atoms with van der Waals surface area (Å²) in [5.41, 5.74) is 4.80. The molecule has 0 atom stereocenters. The van der Waals surface area contributed by atoms with E-state index in [1.165, 1.54) is 27.0 Å². The molecule has 1 aromatic heterocycles. The molecule has 0 spiro atoms. The van der Waals surface area contributed by atoms with Gasteiger partial charge in [-0.1, -0.05) is 29.8 Å². The van der Waals surface area contributed by atoms with Gasteiger partial charge in [0.1, 0.15) is 7.05 Å². The third-order valence-corrected chi connectivity index (χ3v) is 4.40. The van der Waals surface area contributed by atoms with Crippen LogP contribution >= 0.6 is 11.8 Å². The minimum atomic E-state index is 1.12. The number of rotatable bonds is 3. The maximum Gasteiger partial charge on any atom is 0.214 e. The Morgan fingerprint density at radius 1 is 1.00 bits per heavy atom. The second-order valence-corrected chi connectivity index (χ2v) is 6.04. The maximum atomic E-state index is 3.59. The van der Waals surface area contributed by atoms with Crippen LogP contribution in [0.5, 0.6) is 0 Å². The van der Waals surface area contributed by atoms with Gasteiger partial charge in [-0.3, -0.25) is 0 Å². The zero-order chi connectivity index (χ0) is 14.8. The standard InChI is InChI=1S/C18H18N2S/c1-13-8-10-14(11-9-13)19-18-15-6-4-5-7-16(15)20(2)12-17(18)21-3/h4-12H,1-3H3/p+1. The summed E-state index contributed by atoms with van der Waals surface area (Å²) >= 11 is 1.76. The lowest BCUT2D eigenvalue weighted by Gasteiger charge is -2.12. The summed E-state index contributed by atoms with van der Waals surface area (Å²) in [4.78, 5) is 1.25. The monoisotopic (exact) mass is 295 g/mol. The number of fused-ring (bicyclic) bond motifs is 1. The first-order valence-electron chi connectivity index (χ1n) is 6.98. The Morgan fingerprint density at radius 3 is 2.43 bits per heavy atom. The van der Waals surface area contributed by atoms with Crippen molar-refractivity contribution in [1.82, 2.24) is 0 Å². The van der Waals surface area contributed by atoms with Crippen molar-refractivity contribution in [3.8, 4) is 0 Å². The Balaban J connectivity index is 2.15. The molecule has 0 radical (unpaired) electrons. The summed E-state index contributed by atoms with van der Waals surface area (Å²) in [6, 6.07) is 17.0. The van der Waals surface area contributed by atoms with Gasteiger partial charge < -0.3 is 5.32 Å². The molecule has 2 nitrogen and oxygen atoms in total. The number of hydrogen-bond acceptors (Lipinski definition) is 2. The highest BCUT2D eigenvalue weighted by Crippen LogP contribution is 2.33. The van der Waals surface area contributed by atoms with Crippen LogP contribution in [-0.4, -0.2) is 6.26 Å². The van der Waals surface area contributed by atoms with E-state index in [1.807, 2.05) is 0 Å². The van der Waals surface area contributed by atoms with Crippen molar-refractivity contribution in [3.63, 3.8) is 0 Å². The van der Waals surface area contributed by atoms with Crippen LogP contribution in [0, 0.1) is 6.92 Å². The molecule has 0 aliphatic carbocycles. The molecule has 21 heavy (non-hydrogen) atoms. The number of pyridine rings is 1. The second-order valence-electron chi connectivity index (χ2n) is 5.19. The Kier molecular flexibility index (Phi) is 3.84. The predicted octanol–water partition coefficient (Wildman–Crippen LogP) is 4.44. The molecule has 0 saturated heterocycles. The molecule has 3 aromatic rings. The zero-order valence-electron chi connectivity index (χ0n) is 12.6. The number of benzene rings is 2. The Hall–Kier alpha value is -2.00. The second kappa shape index (κ2) is 5.78. The van der Waals surface area contributed by atoms with Gasteiger partial charge in [0.15, 0.2) is 6.20 Å². The number of aryl methyl sites for hydroxylation is 2. The van der Waals surface area contributed by atoms with E-state index >= 15 is 0 Å². The quantitative estimate of drug-likeness (QED) is 0.568. The largest absolute Gasteiger partial charge is 0.354 e. The normalized spacial score (nSPS) is 10.8. The molecule has 0 fully saturated rings. The Morgan fingerprint density at radius 2 is 1.71 bits per heavy atom. The molecular weight excluding hydrogens is 276 g/mol. The van der Waals surface area contributed by atoms with Crippen LogP contribution < -0.4 is 9.88 Å². The molecule has 0 aliphatic rings. The van der Waals surface area contributed by atoms with Gasteiger partial charge in [0.25, 0.3) is 0 Å². The number of hydrogen-bond donors (Lipinski definition) is 1. The first kappa shape index (κ1) is 14.0. The van der Waals surface area contributed by atoms with Crippen LogP contribution in [-0.2, 0) is 7.05 Å². The van der Waals surface area contributed by atoms with Gasteiger partial charge in [-0.05, 0) is 31.4 Å². The lowest BCUT2D eigenvalue weighted by atomic mass is 10.1. The average molecular weight is 295 g/mol. The van der Waals surface area contributed by atoms with E-state index in [0.29, 0.717) is 0 Å². The highest BCUT2D eigenvalue weighted by atomic mass is 32.2. The topological polar surface area (TPSA) is 15.9 Å². The van der Waals surface area contributed by atoms with Gasteiger partial charge in [0, 0.05) is 11.8 Å². The smallest absolute Gasteiger partial charge is 0.214 e. The number of thioether (sulfide) groups is 1. The SMILES string of the molecule is CSc1c[n+](C)c2ccccc2c1Nc1ccc(C)cc1. The summed E-state index contributed by atoms with van der Waals surface area (Å²) in [6.45, 7) is 2.11. The van der Waals surface area contributed by atoms with E-state index in [-0.39, 0.29) is 0 Å². The van der Waals surface area contributed by atoms with Crippen LogP contribution in [0.2, 0.25) is 0 Å². The molecule has 1 N–H and O–H groups in total. The van der Waals surface area contributed by atoms with Crippen molar-refractivity contribution in [1.29, 1.82) is 0 Å². The Labute approximate surface area is 129 Å². The summed E-state index contributed by atoms with van der Waals surface area (Å²) < 4.78 is 2.18. The van der Waals surface area contributed by atoms with Gasteiger partial charge in [0.05, 0.1) is 16.0 Å². The third-order valence-electron chi connectivity index (χ3n) is 3.65. The molecule has 3 heteroatoms. The van der Waals surface area contributed by atoms with Crippen molar-refractivity contribution in [2.24, 2.45) is 7.05 Å². The molecule has 1 heterocycles. The minimum Gasteiger partial charge on any atom is -0.354 e. The molecule has 0 unspecified atom stereocenters. The van der Waals surface area contributed by atoms with Gasteiger partial charge in [0.2, 0.25) is 5.52 Å². The Bertz CT molecular complexity index is 779. The average Bonchev–Trinajstić information content (AvgIpc) is 2.52. The number of para-hydroxylation sites is 1. The molecular formula is C18H19N2S+. The highest BCUT2D eigenvalue weighted by Gasteiger charge is 2.15. The predicted molar refractivity (Wildman–Crippen MR) is 91.4 cm³/mol. The molecule has 3 rings (SSSR count). The van der Waals surface area contributed by atoms with Gasteiger partial charge in [-0.15, -0.1) is 11.8 Å². The van der Waals surface area contributed by atoms with E-state index in [0.717, 1.165) is 5.69 Å². The molecule has 0 bridgehead atoms. The van der Waals surface area contributed by atoms with E-state index < -0.39 is 0 Å². The van der Waals surface area contributed by atoms with Crippen LogP contribution in [0.1, 0.15) is 5.56 Å². The first-order chi connectivity index (χ1) is 10.2. The van der Waals surface area contributed by atoms with Gasteiger partial charge in [-0.2, -0.15) is 4.57 Å². The van der Waals surface area contributed by atoms with Gasteiger partial charge >= 0.3 is 0 Å². The van der Waals surface area contributed by atoms with Crippen molar-refractivity contribution in [3.05, 3.63) is 60.3 Å². The lowest BCUT2D eigenvalue weighted by Crippen LogP contribution is -2.29. The molecule has 0 saturated carbocycles. The van der Waals surface area contributed by atoms with Crippen molar-refractivity contribution in [2.75, 3.05) is 11.6 Å². The lowest BCUT2D eigenvalue weighted by molar-refractivity contribution is -0.646. The van der Waals surface area contributed by atoms with Crippen molar-refractivity contribution >= 4 is 34.0 Å². The van der Waals surface area contributed by atoms with E-state index in [4.69, 9.17) is 0 Å². The summed E-state index contributed by atoms with van der Waals surface area (Å²) in [7, 11) is 2.09. The van der Waals surface area contributed by atoms with Crippen LogP contribution in [0.15, 0.2) is 59.6 Å². The van der Waals surface area contributed by atoms with Gasteiger partial charge in [-0.25, -0.2) is 0 Å². The molecule has 0 aliphatic heterocycles. The van der Waals surface area contributed by atoms with Crippen LogP contribution in [0.3, 0.4) is 0 Å². The number of nitrogens with zero attached hydrogens (tertiary/aromatic N) is 1. The summed E-state index contributed by atoms with van der Waals surface area (Å²) in [5.74, 6) is 0. The minimum absolute atomic E-state index is 1.12. The molecule has 2 aromatic carbocycles. The van der Waals surface area contributed by atoms with E-state index in [2.05, 4.69) is 84.8 Å². The van der Waals surface area contributed by atoms with Crippen LogP contribution in [0.25, 0.3) is 10.9 Å².